The zero-order valence-corrected chi connectivity index (χ0v) is 17.8. The minimum Gasteiger partial charge on any atom is -0.462 e. The highest BCUT2D eigenvalue weighted by atomic mass is 32.2. The third kappa shape index (κ3) is 4.13. The van der Waals surface area contributed by atoms with Crippen LogP contribution in [0.3, 0.4) is 0 Å². The van der Waals surface area contributed by atoms with Crippen molar-refractivity contribution in [2.24, 2.45) is 5.92 Å². The molecule has 0 fully saturated rings. The van der Waals surface area contributed by atoms with Crippen LogP contribution in [0.5, 0.6) is 0 Å². The largest absolute Gasteiger partial charge is 0.462 e. The standard InChI is InChI=1S/C19H21N5O3S2/c1-3-27-19(26)14-11-5-4-10(2)6-12(11)29-17(14)24-13(25)7-28-18-15-16(21-8-20-15)22-9-23-18/h8-10H,3-7H2,1-2H3,(H,24,25)(H,20,21,22,23)/t10-/m0/s1. The van der Waals surface area contributed by atoms with Crippen LogP contribution in [0.1, 0.15) is 41.1 Å². The van der Waals surface area contributed by atoms with Crippen LogP contribution in [0.15, 0.2) is 17.7 Å². The first-order valence-electron chi connectivity index (χ1n) is 9.45. The number of hydrogen-bond acceptors (Lipinski definition) is 8. The van der Waals surface area contributed by atoms with Crippen LogP contribution in [-0.4, -0.2) is 44.2 Å². The van der Waals surface area contributed by atoms with Gasteiger partial charge in [-0.25, -0.2) is 19.7 Å². The summed E-state index contributed by atoms with van der Waals surface area (Å²) in [6.07, 6.45) is 5.77. The van der Waals surface area contributed by atoms with Gasteiger partial charge in [0.05, 0.1) is 24.3 Å². The van der Waals surface area contributed by atoms with Crippen LogP contribution in [0.25, 0.3) is 11.2 Å². The molecule has 0 unspecified atom stereocenters. The average molecular weight is 432 g/mol. The summed E-state index contributed by atoms with van der Waals surface area (Å²) < 4.78 is 5.25. The average Bonchev–Trinajstić information content (AvgIpc) is 3.30. The van der Waals surface area contributed by atoms with Crippen molar-refractivity contribution in [3.63, 3.8) is 0 Å². The summed E-state index contributed by atoms with van der Waals surface area (Å²) >= 11 is 2.79. The molecule has 1 amide bonds. The molecule has 3 heterocycles. The zero-order valence-electron chi connectivity index (χ0n) is 16.2. The van der Waals surface area contributed by atoms with E-state index in [-0.39, 0.29) is 17.6 Å². The van der Waals surface area contributed by atoms with E-state index in [1.165, 1.54) is 34.3 Å². The number of anilines is 1. The number of ether oxygens (including phenoxy) is 1. The van der Waals surface area contributed by atoms with Gasteiger partial charge in [0.2, 0.25) is 5.91 Å². The Morgan fingerprint density at radius 3 is 3.07 bits per heavy atom. The summed E-state index contributed by atoms with van der Waals surface area (Å²) in [6, 6.07) is 0. The van der Waals surface area contributed by atoms with Crippen LogP contribution >= 0.6 is 23.1 Å². The van der Waals surface area contributed by atoms with Crippen molar-refractivity contribution in [1.29, 1.82) is 0 Å². The van der Waals surface area contributed by atoms with Crippen molar-refractivity contribution in [1.82, 2.24) is 19.9 Å². The van der Waals surface area contributed by atoms with E-state index >= 15 is 0 Å². The second kappa shape index (κ2) is 8.50. The van der Waals surface area contributed by atoms with Gasteiger partial charge in [0.15, 0.2) is 5.65 Å². The molecule has 29 heavy (non-hydrogen) atoms. The first-order valence-corrected chi connectivity index (χ1v) is 11.2. The summed E-state index contributed by atoms with van der Waals surface area (Å²) in [5.74, 6) is 0.174. The normalized spacial score (nSPS) is 15.9. The Balaban J connectivity index is 1.51. The predicted molar refractivity (Wildman–Crippen MR) is 113 cm³/mol. The van der Waals surface area contributed by atoms with E-state index in [4.69, 9.17) is 4.74 Å². The summed E-state index contributed by atoms with van der Waals surface area (Å²) in [7, 11) is 0. The molecule has 0 aromatic carbocycles. The maximum Gasteiger partial charge on any atom is 0.341 e. The molecule has 0 spiro atoms. The lowest BCUT2D eigenvalue weighted by molar-refractivity contribution is -0.113. The minimum absolute atomic E-state index is 0.159. The fraction of sp³-hybridized carbons (Fsp3) is 0.421. The molecule has 2 N–H and O–H groups in total. The number of H-pyrrole nitrogens is 1. The molecule has 1 aliphatic carbocycles. The number of fused-ring (bicyclic) bond motifs is 2. The van der Waals surface area contributed by atoms with Gasteiger partial charge >= 0.3 is 5.97 Å². The van der Waals surface area contributed by atoms with Crippen molar-refractivity contribution in [2.45, 2.75) is 38.1 Å². The fourth-order valence-corrected chi connectivity index (χ4v) is 5.58. The Bertz CT molecular complexity index is 1060. The molecule has 3 aromatic rings. The lowest BCUT2D eigenvalue weighted by Gasteiger charge is -2.18. The first kappa shape index (κ1) is 19.8. The highest BCUT2D eigenvalue weighted by Gasteiger charge is 2.29. The van der Waals surface area contributed by atoms with Gasteiger partial charge in [0.1, 0.15) is 21.9 Å². The van der Waals surface area contributed by atoms with Crippen molar-refractivity contribution < 1.29 is 14.3 Å². The number of esters is 1. The Morgan fingerprint density at radius 1 is 1.38 bits per heavy atom. The van der Waals surface area contributed by atoms with Gasteiger partial charge in [0.25, 0.3) is 0 Å². The van der Waals surface area contributed by atoms with Crippen molar-refractivity contribution >= 4 is 51.1 Å². The molecular formula is C19H21N5O3S2. The summed E-state index contributed by atoms with van der Waals surface area (Å²) in [4.78, 5) is 41.7. The SMILES string of the molecule is CCOC(=O)c1c(NC(=O)CSc2ncnc3nc[nH]c23)sc2c1CC[C@H](C)C2. The summed E-state index contributed by atoms with van der Waals surface area (Å²) in [6.45, 7) is 4.29. The number of rotatable bonds is 6. The number of nitrogens with one attached hydrogen (secondary N) is 2. The molecule has 0 radical (unpaired) electrons. The molecule has 1 aliphatic rings. The molecule has 152 valence electrons. The van der Waals surface area contributed by atoms with E-state index in [2.05, 4.69) is 32.2 Å². The lowest BCUT2D eigenvalue weighted by atomic mass is 9.88. The van der Waals surface area contributed by atoms with Crippen LogP contribution < -0.4 is 5.32 Å². The molecule has 0 aliphatic heterocycles. The van der Waals surface area contributed by atoms with E-state index in [0.717, 1.165) is 24.8 Å². The van der Waals surface area contributed by atoms with Gasteiger partial charge in [-0.05, 0) is 37.7 Å². The molecule has 4 rings (SSSR count). The number of imidazole rings is 1. The van der Waals surface area contributed by atoms with Gasteiger partial charge in [0, 0.05) is 4.88 Å². The zero-order chi connectivity index (χ0) is 20.4. The topological polar surface area (TPSA) is 110 Å². The van der Waals surface area contributed by atoms with Crippen LogP contribution in [0.2, 0.25) is 0 Å². The third-order valence-electron chi connectivity index (χ3n) is 4.77. The van der Waals surface area contributed by atoms with Gasteiger partial charge in [-0.1, -0.05) is 18.7 Å². The first-order chi connectivity index (χ1) is 14.1. The van der Waals surface area contributed by atoms with Gasteiger partial charge < -0.3 is 15.0 Å². The van der Waals surface area contributed by atoms with Crippen molar-refractivity contribution in [3.05, 3.63) is 28.7 Å². The Kier molecular flexibility index (Phi) is 5.81. The molecule has 0 saturated heterocycles. The highest BCUT2D eigenvalue weighted by Crippen LogP contribution is 2.40. The van der Waals surface area contributed by atoms with E-state index in [9.17, 15) is 9.59 Å². The summed E-state index contributed by atoms with van der Waals surface area (Å²) in [5.41, 5.74) is 2.82. The number of hydrogen-bond donors (Lipinski definition) is 2. The van der Waals surface area contributed by atoms with E-state index in [0.29, 0.717) is 39.3 Å². The van der Waals surface area contributed by atoms with Crippen LogP contribution in [0, 0.1) is 5.92 Å². The molecule has 3 aromatic heterocycles. The maximum absolute atomic E-state index is 12.6. The molecule has 8 nitrogen and oxygen atoms in total. The Morgan fingerprint density at radius 2 is 2.24 bits per heavy atom. The number of carbonyl (C=O) groups excluding carboxylic acids is 2. The van der Waals surface area contributed by atoms with Gasteiger partial charge in [-0.15, -0.1) is 11.3 Å². The van der Waals surface area contributed by atoms with E-state index in [1.54, 1.807) is 13.3 Å². The minimum atomic E-state index is -0.363. The van der Waals surface area contributed by atoms with Gasteiger partial charge in [-0.2, -0.15) is 0 Å². The second-order valence-electron chi connectivity index (χ2n) is 6.89. The molecule has 10 heteroatoms. The number of thiophene rings is 1. The van der Waals surface area contributed by atoms with Gasteiger partial charge in [-0.3, -0.25) is 4.79 Å². The lowest BCUT2D eigenvalue weighted by Crippen LogP contribution is -2.17. The van der Waals surface area contributed by atoms with Crippen molar-refractivity contribution in [2.75, 3.05) is 17.7 Å². The quantitative estimate of drug-likeness (QED) is 0.349. The van der Waals surface area contributed by atoms with Crippen molar-refractivity contribution in [3.8, 4) is 0 Å². The number of aromatic nitrogens is 4. The number of nitrogens with zero attached hydrogens (tertiary/aromatic N) is 3. The number of aromatic amines is 1. The van der Waals surface area contributed by atoms with Crippen LogP contribution in [0.4, 0.5) is 5.00 Å². The molecule has 0 saturated carbocycles. The third-order valence-corrected chi connectivity index (χ3v) is 6.93. The number of thioether (sulfide) groups is 1. The summed E-state index contributed by atoms with van der Waals surface area (Å²) in [5, 5.41) is 4.17. The Labute approximate surface area is 175 Å². The number of carbonyl (C=O) groups is 2. The smallest absolute Gasteiger partial charge is 0.341 e. The second-order valence-corrected chi connectivity index (χ2v) is 8.96. The Hall–Kier alpha value is -2.46. The molecule has 0 bridgehead atoms. The van der Waals surface area contributed by atoms with E-state index in [1.807, 2.05) is 0 Å². The predicted octanol–water partition coefficient (Wildman–Crippen LogP) is 3.45. The molecule has 1 atom stereocenters. The monoisotopic (exact) mass is 431 g/mol. The molecular weight excluding hydrogens is 410 g/mol. The number of amides is 1. The maximum atomic E-state index is 12.6. The van der Waals surface area contributed by atoms with E-state index < -0.39 is 0 Å². The van der Waals surface area contributed by atoms with Crippen LogP contribution in [-0.2, 0) is 22.4 Å². The fourth-order valence-electron chi connectivity index (χ4n) is 3.41. The highest BCUT2D eigenvalue weighted by molar-refractivity contribution is 8.00.